The Morgan fingerprint density at radius 1 is 1.25 bits per heavy atom. The molecule has 90 valence electrons. The van der Waals surface area contributed by atoms with Crippen molar-refractivity contribution >= 4 is 21.4 Å². The van der Waals surface area contributed by atoms with E-state index in [2.05, 4.69) is 0 Å². The van der Waals surface area contributed by atoms with Crippen molar-refractivity contribution in [1.29, 1.82) is 0 Å². The molecule has 0 aliphatic carbocycles. The molecular formula is C10H17N3O2S. The van der Waals surface area contributed by atoms with Crippen molar-refractivity contribution < 1.29 is 8.42 Å². The Morgan fingerprint density at radius 3 is 2.19 bits per heavy atom. The van der Waals surface area contributed by atoms with Crippen molar-refractivity contribution in [3.63, 3.8) is 0 Å². The first-order valence-electron chi connectivity index (χ1n) is 5.07. The molecule has 0 aromatic heterocycles. The van der Waals surface area contributed by atoms with Crippen LogP contribution in [0.5, 0.6) is 0 Å². The third-order valence-electron chi connectivity index (χ3n) is 2.43. The largest absolute Gasteiger partial charge is 0.397 e. The van der Waals surface area contributed by atoms with Gasteiger partial charge >= 0.3 is 0 Å². The molecule has 0 atom stereocenters. The second-order valence-corrected chi connectivity index (χ2v) is 5.00. The molecular weight excluding hydrogens is 226 g/mol. The Hall–Kier alpha value is -1.27. The van der Waals surface area contributed by atoms with E-state index in [1.807, 2.05) is 18.7 Å². The molecule has 0 spiro atoms. The van der Waals surface area contributed by atoms with E-state index < -0.39 is 10.0 Å². The second-order valence-electron chi connectivity index (χ2n) is 3.44. The summed E-state index contributed by atoms with van der Waals surface area (Å²) in [4.78, 5) is 2.09. The summed E-state index contributed by atoms with van der Waals surface area (Å²) in [5.41, 5.74) is 7.07. The summed E-state index contributed by atoms with van der Waals surface area (Å²) in [5, 5.41) is 5.02. The van der Waals surface area contributed by atoms with Crippen molar-refractivity contribution in [2.75, 3.05) is 23.7 Å². The fourth-order valence-corrected chi connectivity index (χ4v) is 2.11. The van der Waals surface area contributed by atoms with Gasteiger partial charge in [0, 0.05) is 13.1 Å². The van der Waals surface area contributed by atoms with Gasteiger partial charge in [0.1, 0.15) is 0 Å². The number of hydrogen-bond acceptors (Lipinski definition) is 4. The molecule has 0 bridgehead atoms. The molecule has 1 rings (SSSR count). The minimum atomic E-state index is -3.68. The van der Waals surface area contributed by atoms with E-state index in [4.69, 9.17) is 10.9 Å². The van der Waals surface area contributed by atoms with Crippen molar-refractivity contribution in [3.05, 3.63) is 18.2 Å². The number of benzene rings is 1. The van der Waals surface area contributed by atoms with Gasteiger partial charge in [0.25, 0.3) is 0 Å². The normalized spacial score (nSPS) is 11.4. The second kappa shape index (κ2) is 4.71. The van der Waals surface area contributed by atoms with Gasteiger partial charge in [-0.3, -0.25) is 0 Å². The molecule has 0 aliphatic heterocycles. The summed E-state index contributed by atoms with van der Waals surface area (Å²) < 4.78 is 22.2. The Balaban J connectivity index is 3.19. The van der Waals surface area contributed by atoms with E-state index in [0.29, 0.717) is 5.69 Å². The lowest BCUT2D eigenvalue weighted by Gasteiger charge is -2.22. The number of nitrogen functional groups attached to an aromatic ring is 1. The van der Waals surface area contributed by atoms with Crippen LogP contribution >= 0.6 is 0 Å². The maximum Gasteiger partial charge on any atom is 0.238 e. The fourth-order valence-electron chi connectivity index (χ4n) is 1.56. The monoisotopic (exact) mass is 243 g/mol. The van der Waals surface area contributed by atoms with Gasteiger partial charge < -0.3 is 10.6 Å². The summed E-state index contributed by atoms with van der Waals surface area (Å²) in [5.74, 6) is 0. The van der Waals surface area contributed by atoms with Gasteiger partial charge in [0.05, 0.1) is 16.3 Å². The van der Waals surface area contributed by atoms with Crippen molar-refractivity contribution in [2.45, 2.75) is 18.7 Å². The predicted molar refractivity (Wildman–Crippen MR) is 65.8 cm³/mol. The molecule has 1 aromatic carbocycles. The van der Waals surface area contributed by atoms with Gasteiger partial charge in [-0.15, -0.1) is 0 Å². The number of nitrogens with zero attached hydrogens (tertiary/aromatic N) is 1. The minimum Gasteiger partial charge on any atom is -0.397 e. The van der Waals surface area contributed by atoms with E-state index in [0.717, 1.165) is 18.8 Å². The SMILES string of the molecule is CCN(CC)c1ccc(S(N)(=O)=O)cc1N. The molecule has 0 radical (unpaired) electrons. The van der Waals surface area contributed by atoms with Crippen LogP contribution in [0.1, 0.15) is 13.8 Å². The van der Waals surface area contributed by atoms with Crippen molar-refractivity contribution in [2.24, 2.45) is 5.14 Å². The molecule has 4 N–H and O–H groups in total. The van der Waals surface area contributed by atoms with Crippen LogP contribution in [0.15, 0.2) is 23.1 Å². The maximum atomic E-state index is 11.1. The van der Waals surface area contributed by atoms with E-state index >= 15 is 0 Å². The van der Waals surface area contributed by atoms with Crippen LogP contribution in [0.4, 0.5) is 11.4 Å². The Kier molecular flexibility index (Phi) is 3.77. The minimum absolute atomic E-state index is 0.0425. The zero-order chi connectivity index (χ0) is 12.3. The van der Waals surface area contributed by atoms with Crippen LogP contribution in [-0.2, 0) is 10.0 Å². The van der Waals surface area contributed by atoms with Crippen LogP contribution in [0.25, 0.3) is 0 Å². The molecule has 0 amide bonds. The molecule has 0 saturated carbocycles. The van der Waals surface area contributed by atoms with Crippen LogP contribution < -0.4 is 15.8 Å². The Labute approximate surface area is 96.1 Å². The van der Waals surface area contributed by atoms with Gasteiger partial charge in [-0.2, -0.15) is 0 Å². The highest BCUT2D eigenvalue weighted by molar-refractivity contribution is 7.89. The Bertz CT molecular complexity index is 467. The van der Waals surface area contributed by atoms with E-state index in [1.54, 1.807) is 6.07 Å². The maximum absolute atomic E-state index is 11.1. The topological polar surface area (TPSA) is 89.4 Å². The molecule has 0 fully saturated rings. The molecule has 0 unspecified atom stereocenters. The number of sulfonamides is 1. The van der Waals surface area contributed by atoms with Gasteiger partial charge in [0.2, 0.25) is 10.0 Å². The quantitative estimate of drug-likeness (QED) is 0.764. The van der Waals surface area contributed by atoms with Crippen LogP contribution in [0.3, 0.4) is 0 Å². The zero-order valence-corrected chi connectivity index (χ0v) is 10.3. The zero-order valence-electron chi connectivity index (χ0n) is 9.47. The number of hydrogen-bond donors (Lipinski definition) is 2. The fraction of sp³-hybridized carbons (Fsp3) is 0.400. The highest BCUT2D eigenvalue weighted by atomic mass is 32.2. The van der Waals surface area contributed by atoms with E-state index in [1.165, 1.54) is 12.1 Å². The van der Waals surface area contributed by atoms with E-state index in [-0.39, 0.29) is 4.90 Å². The predicted octanol–water partition coefficient (Wildman–Crippen LogP) is 0.762. The summed E-state index contributed by atoms with van der Waals surface area (Å²) in [6, 6.07) is 4.55. The number of anilines is 2. The third kappa shape index (κ3) is 2.65. The standard InChI is InChI=1S/C10H17N3O2S/c1-3-13(4-2)10-6-5-8(7-9(10)11)16(12,14)15/h5-7H,3-4,11H2,1-2H3,(H2,12,14,15). The smallest absolute Gasteiger partial charge is 0.238 e. The number of rotatable bonds is 4. The lowest BCUT2D eigenvalue weighted by molar-refractivity contribution is 0.598. The Morgan fingerprint density at radius 2 is 1.81 bits per heavy atom. The molecule has 0 saturated heterocycles. The van der Waals surface area contributed by atoms with Crippen molar-refractivity contribution in [1.82, 2.24) is 0 Å². The van der Waals surface area contributed by atoms with Gasteiger partial charge in [-0.1, -0.05) is 0 Å². The lowest BCUT2D eigenvalue weighted by Crippen LogP contribution is -2.23. The molecule has 0 aliphatic rings. The highest BCUT2D eigenvalue weighted by Crippen LogP contribution is 2.25. The molecule has 1 aromatic rings. The molecule has 0 heterocycles. The van der Waals surface area contributed by atoms with Gasteiger partial charge in [-0.05, 0) is 32.0 Å². The third-order valence-corrected chi connectivity index (χ3v) is 3.34. The summed E-state index contributed by atoms with van der Waals surface area (Å²) in [6.45, 7) is 5.65. The first-order chi connectivity index (χ1) is 7.40. The summed E-state index contributed by atoms with van der Waals surface area (Å²) in [7, 11) is -3.68. The number of nitrogens with two attached hydrogens (primary N) is 2. The molecule has 16 heavy (non-hydrogen) atoms. The molecule has 5 nitrogen and oxygen atoms in total. The summed E-state index contributed by atoms with van der Waals surface area (Å²) in [6.07, 6.45) is 0. The average Bonchev–Trinajstić information content (AvgIpc) is 2.20. The van der Waals surface area contributed by atoms with Crippen molar-refractivity contribution in [3.8, 4) is 0 Å². The van der Waals surface area contributed by atoms with Crippen LogP contribution in [-0.4, -0.2) is 21.5 Å². The lowest BCUT2D eigenvalue weighted by atomic mass is 10.2. The summed E-state index contributed by atoms with van der Waals surface area (Å²) >= 11 is 0. The van der Waals surface area contributed by atoms with Gasteiger partial charge in [0.15, 0.2) is 0 Å². The average molecular weight is 243 g/mol. The van der Waals surface area contributed by atoms with E-state index in [9.17, 15) is 8.42 Å². The van der Waals surface area contributed by atoms with Gasteiger partial charge in [-0.25, -0.2) is 13.6 Å². The van der Waals surface area contributed by atoms with Crippen LogP contribution in [0, 0.1) is 0 Å². The molecule has 6 heteroatoms. The first-order valence-corrected chi connectivity index (χ1v) is 6.62. The highest BCUT2D eigenvalue weighted by Gasteiger charge is 2.12. The number of primary sulfonamides is 1. The first kappa shape index (κ1) is 12.8. The van der Waals surface area contributed by atoms with Crippen LogP contribution in [0.2, 0.25) is 0 Å².